The number of halogens is 1. The SMILES string of the molecule is NC(=O)[C@@H]1CCCN1c1cc2c3c(c(-c4ccc(-c5ncn[nH]5)c(Cl)c4)[nH]c3c1)NCCO2. The summed E-state index contributed by atoms with van der Waals surface area (Å²) in [7, 11) is 0. The molecule has 168 valence electrons. The van der Waals surface area contributed by atoms with Crippen molar-refractivity contribution in [2.75, 3.05) is 29.9 Å². The Morgan fingerprint density at radius 3 is 2.97 bits per heavy atom. The second kappa shape index (κ2) is 7.70. The van der Waals surface area contributed by atoms with Gasteiger partial charge in [-0.3, -0.25) is 9.89 Å². The van der Waals surface area contributed by atoms with Crippen LogP contribution in [0.4, 0.5) is 11.4 Å². The van der Waals surface area contributed by atoms with E-state index in [1.807, 2.05) is 24.3 Å². The predicted octanol–water partition coefficient (Wildman–Crippen LogP) is 3.53. The number of nitrogens with one attached hydrogen (secondary N) is 3. The summed E-state index contributed by atoms with van der Waals surface area (Å²) in [4.78, 5) is 21.8. The Balaban J connectivity index is 1.48. The molecule has 0 saturated carbocycles. The number of amides is 1. The second-order valence-corrected chi connectivity index (χ2v) is 8.71. The molecule has 10 heteroatoms. The summed E-state index contributed by atoms with van der Waals surface area (Å²) in [6.07, 6.45) is 3.15. The number of aromatic amines is 2. The highest BCUT2D eigenvalue weighted by Gasteiger charge is 2.31. The number of benzene rings is 2. The lowest BCUT2D eigenvalue weighted by Gasteiger charge is -2.25. The molecule has 4 aromatic rings. The first-order chi connectivity index (χ1) is 16.1. The number of anilines is 2. The summed E-state index contributed by atoms with van der Waals surface area (Å²) < 4.78 is 6.09. The lowest BCUT2D eigenvalue weighted by Crippen LogP contribution is -2.40. The molecular weight excluding hydrogens is 442 g/mol. The fourth-order valence-corrected chi connectivity index (χ4v) is 5.13. The van der Waals surface area contributed by atoms with Crippen LogP contribution in [0.5, 0.6) is 5.75 Å². The Morgan fingerprint density at radius 2 is 2.18 bits per heavy atom. The molecule has 2 aliphatic heterocycles. The van der Waals surface area contributed by atoms with E-state index >= 15 is 0 Å². The summed E-state index contributed by atoms with van der Waals surface area (Å²) in [6.45, 7) is 1.99. The van der Waals surface area contributed by atoms with Gasteiger partial charge in [-0.05, 0) is 31.0 Å². The van der Waals surface area contributed by atoms with Gasteiger partial charge in [0.15, 0.2) is 5.82 Å². The van der Waals surface area contributed by atoms with Crippen molar-refractivity contribution in [2.24, 2.45) is 5.73 Å². The lowest BCUT2D eigenvalue weighted by atomic mass is 10.1. The van der Waals surface area contributed by atoms with Gasteiger partial charge < -0.3 is 25.7 Å². The number of primary amides is 1. The lowest BCUT2D eigenvalue weighted by molar-refractivity contribution is -0.119. The van der Waals surface area contributed by atoms with Crippen LogP contribution in [0.2, 0.25) is 5.02 Å². The Hall–Kier alpha value is -3.72. The average Bonchev–Trinajstić information content (AvgIpc) is 3.53. The molecule has 4 heterocycles. The molecule has 6 rings (SSSR count). The third-order valence-electron chi connectivity index (χ3n) is 6.35. The first-order valence-electron chi connectivity index (χ1n) is 10.9. The van der Waals surface area contributed by atoms with Crippen molar-refractivity contribution in [2.45, 2.75) is 18.9 Å². The molecule has 5 N–H and O–H groups in total. The molecule has 2 aromatic heterocycles. The standard InChI is InChI=1S/C23H22ClN7O2/c24-15-8-12(3-4-14(15)23-27-11-28-30-23)20-21-19-16(29-20)9-13(10-18(19)33-7-5-26-21)31-6-1-2-17(31)22(25)32/h3-4,8-11,17,26,29H,1-2,5-7H2,(H2,25,32)(H,27,28,30)/t17-/m0/s1. The van der Waals surface area contributed by atoms with E-state index in [4.69, 9.17) is 22.1 Å². The maximum atomic E-state index is 12.0. The molecule has 1 saturated heterocycles. The predicted molar refractivity (Wildman–Crippen MR) is 128 cm³/mol. The number of nitrogens with two attached hydrogens (primary N) is 1. The number of rotatable bonds is 4. The van der Waals surface area contributed by atoms with E-state index in [2.05, 4.69) is 36.4 Å². The van der Waals surface area contributed by atoms with Gasteiger partial charge in [0.25, 0.3) is 0 Å². The molecular formula is C23H22ClN7O2. The summed E-state index contributed by atoms with van der Waals surface area (Å²) >= 11 is 6.60. The van der Waals surface area contributed by atoms with Crippen LogP contribution in [0.15, 0.2) is 36.7 Å². The van der Waals surface area contributed by atoms with Crippen LogP contribution >= 0.6 is 11.6 Å². The van der Waals surface area contributed by atoms with Crippen molar-refractivity contribution in [3.8, 4) is 28.4 Å². The Kier molecular flexibility index (Phi) is 4.65. The minimum atomic E-state index is -0.296. The van der Waals surface area contributed by atoms with Crippen LogP contribution in [0.3, 0.4) is 0 Å². The number of ether oxygens (including phenoxy) is 1. The molecule has 0 spiro atoms. The smallest absolute Gasteiger partial charge is 0.240 e. The van der Waals surface area contributed by atoms with Gasteiger partial charge in [-0.25, -0.2) is 4.98 Å². The molecule has 33 heavy (non-hydrogen) atoms. The molecule has 0 aliphatic carbocycles. The van der Waals surface area contributed by atoms with Crippen LogP contribution in [0.1, 0.15) is 12.8 Å². The number of carbonyl (C=O) groups excluding carboxylic acids is 1. The van der Waals surface area contributed by atoms with Gasteiger partial charge in [0.05, 0.1) is 27.3 Å². The number of hydrogen-bond acceptors (Lipinski definition) is 6. The maximum absolute atomic E-state index is 12.0. The fraction of sp³-hybridized carbons (Fsp3) is 0.261. The quantitative estimate of drug-likeness (QED) is 0.367. The fourth-order valence-electron chi connectivity index (χ4n) is 4.86. The van der Waals surface area contributed by atoms with Gasteiger partial charge in [0, 0.05) is 36.0 Å². The van der Waals surface area contributed by atoms with E-state index in [-0.39, 0.29) is 11.9 Å². The Bertz CT molecular complexity index is 1370. The zero-order valence-corrected chi connectivity index (χ0v) is 18.4. The monoisotopic (exact) mass is 463 g/mol. The summed E-state index contributed by atoms with van der Waals surface area (Å²) in [5.74, 6) is 1.11. The van der Waals surface area contributed by atoms with Crippen LogP contribution in [0, 0.1) is 0 Å². The Labute approximate surface area is 194 Å². The molecule has 1 atom stereocenters. The second-order valence-electron chi connectivity index (χ2n) is 8.30. The van der Waals surface area contributed by atoms with Crippen LogP contribution in [-0.2, 0) is 4.79 Å². The van der Waals surface area contributed by atoms with E-state index in [0.29, 0.717) is 24.0 Å². The van der Waals surface area contributed by atoms with Crippen molar-refractivity contribution in [1.82, 2.24) is 20.2 Å². The van der Waals surface area contributed by atoms with Crippen molar-refractivity contribution in [3.63, 3.8) is 0 Å². The van der Waals surface area contributed by atoms with Gasteiger partial charge in [-0.2, -0.15) is 5.10 Å². The number of aromatic nitrogens is 4. The van der Waals surface area contributed by atoms with Gasteiger partial charge in [0.1, 0.15) is 24.7 Å². The molecule has 0 bridgehead atoms. The van der Waals surface area contributed by atoms with E-state index in [0.717, 1.165) is 64.2 Å². The number of nitrogens with zero attached hydrogens (tertiary/aromatic N) is 3. The highest BCUT2D eigenvalue weighted by atomic mass is 35.5. The minimum Gasteiger partial charge on any atom is -0.491 e. The first-order valence-corrected chi connectivity index (χ1v) is 11.3. The molecule has 2 aromatic carbocycles. The van der Waals surface area contributed by atoms with Crippen molar-refractivity contribution < 1.29 is 9.53 Å². The average molecular weight is 464 g/mol. The molecule has 1 amide bonds. The zero-order chi connectivity index (χ0) is 22.5. The van der Waals surface area contributed by atoms with Gasteiger partial charge in [0.2, 0.25) is 5.91 Å². The Morgan fingerprint density at radius 1 is 1.27 bits per heavy atom. The molecule has 1 fully saturated rings. The molecule has 0 unspecified atom stereocenters. The minimum absolute atomic E-state index is 0.296. The highest BCUT2D eigenvalue weighted by Crippen LogP contribution is 2.45. The van der Waals surface area contributed by atoms with Crippen molar-refractivity contribution in [1.29, 1.82) is 0 Å². The summed E-state index contributed by atoms with van der Waals surface area (Å²) in [5, 5.41) is 11.8. The van der Waals surface area contributed by atoms with E-state index < -0.39 is 0 Å². The van der Waals surface area contributed by atoms with Gasteiger partial charge in [-0.1, -0.05) is 17.7 Å². The van der Waals surface area contributed by atoms with Crippen molar-refractivity contribution in [3.05, 3.63) is 41.7 Å². The molecule has 9 nitrogen and oxygen atoms in total. The molecule has 2 aliphatic rings. The van der Waals surface area contributed by atoms with Crippen LogP contribution in [-0.4, -0.2) is 51.8 Å². The zero-order valence-electron chi connectivity index (χ0n) is 17.7. The normalized spacial score (nSPS) is 17.6. The topological polar surface area (TPSA) is 125 Å². The summed E-state index contributed by atoms with van der Waals surface area (Å²) in [6, 6.07) is 9.62. The van der Waals surface area contributed by atoms with E-state index in [9.17, 15) is 4.79 Å². The summed E-state index contributed by atoms with van der Waals surface area (Å²) in [5.41, 5.74) is 11.1. The number of carbonyl (C=O) groups is 1. The molecule has 0 radical (unpaired) electrons. The van der Waals surface area contributed by atoms with Crippen LogP contribution < -0.4 is 20.7 Å². The van der Waals surface area contributed by atoms with Crippen molar-refractivity contribution >= 4 is 39.8 Å². The maximum Gasteiger partial charge on any atom is 0.240 e. The van der Waals surface area contributed by atoms with Gasteiger partial charge in [-0.15, -0.1) is 0 Å². The van der Waals surface area contributed by atoms with E-state index in [1.54, 1.807) is 0 Å². The third-order valence-corrected chi connectivity index (χ3v) is 6.66. The van der Waals surface area contributed by atoms with Gasteiger partial charge >= 0.3 is 0 Å². The largest absolute Gasteiger partial charge is 0.491 e. The van der Waals surface area contributed by atoms with Crippen LogP contribution in [0.25, 0.3) is 33.5 Å². The number of hydrogen-bond donors (Lipinski definition) is 4. The highest BCUT2D eigenvalue weighted by molar-refractivity contribution is 6.33. The third kappa shape index (κ3) is 3.27. The van der Waals surface area contributed by atoms with E-state index in [1.165, 1.54) is 6.33 Å². The number of H-pyrrole nitrogens is 2. The first kappa shape index (κ1) is 19.9.